The van der Waals surface area contributed by atoms with Gasteiger partial charge in [-0.2, -0.15) is 0 Å². The Kier molecular flexibility index (Phi) is 8.88. The number of benzene rings is 12. The van der Waals surface area contributed by atoms with E-state index in [-0.39, 0.29) is 0 Å². The van der Waals surface area contributed by atoms with Gasteiger partial charge in [0, 0.05) is 39.2 Å². The van der Waals surface area contributed by atoms with E-state index < -0.39 is 10.8 Å². The number of para-hydroxylation sites is 4. The summed E-state index contributed by atoms with van der Waals surface area (Å²) in [5, 5.41) is 2.45. The van der Waals surface area contributed by atoms with Crippen molar-refractivity contribution in [1.29, 1.82) is 0 Å². The van der Waals surface area contributed by atoms with Crippen molar-refractivity contribution in [2.24, 2.45) is 0 Å². The molecule has 12 aromatic rings. The second-order valence-corrected chi connectivity index (χ2v) is 20.2. The molecule has 2 spiro atoms. The molecule has 0 radical (unpaired) electrons. The molecule has 2 aliphatic carbocycles. The minimum absolute atomic E-state index is 0.630. The zero-order chi connectivity index (χ0) is 49.2. The molecule has 0 unspecified atom stereocenters. The van der Waals surface area contributed by atoms with Gasteiger partial charge < -0.3 is 14.4 Å². The Morgan fingerprint density at radius 1 is 0.280 bits per heavy atom. The number of fused-ring (bicyclic) bond motifs is 20. The summed E-state index contributed by atoms with van der Waals surface area (Å²) < 4.78 is 13.6. The van der Waals surface area contributed by atoms with Crippen molar-refractivity contribution in [3.63, 3.8) is 0 Å². The van der Waals surface area contributed by atoms with Gasteiger partial charge in [0.05, 0.1) is 16.5 Å². The fourth-order valence-electron chi connectivity index (χ4n) is 13.6. The number of nitrogens with zero attached hydrogens (tertiary/aromatic N) is 1. The van der Waals surface area contributed by atoms with Gasteiger partial charge in [0.2, 0.25) is 0 Å². The van der Waals surface area contributed by atoms with Gasteiger partial charge in [-0.25, -0.2) is 0 Å². The molecule has 0 amide bonds. The van der Waals surface area contributed by atoms with E-state index >= 15 is 0 Å². The molecule has 350 valence electrons. The molecule has 0 bridgehead atoms. The van der Waals surface area contributed by atoms with Crippen LogP contribution in [0.15, 0.2) is 273 Å². The van der Waals surface area contributed by atoms with Gasteiger partial charge >= 0.3 is 0 Å². The van der Waals surface area contributed by atoms with E-state index in [2.05, 4.69) is 278 Å². The van der Waals surface area contributed by atoms with Crippen LogP contribution in [0.2, 0.25) is 0 Å². The summed E-state index contributed by atoms with van der Waals surface area (Å²) in [6.07, 6.45) is 0. The summed E-state index contributed by atoms with van der Waals surface area (Å²) >= 11 is 0. The number of ether oxygens (including phenoxy) is 2. The summed E-state index contributed by atoms with van der Waals surface area (Å²) in [5.41, 5.74) is 21.0. The minimum Gasteiger partial charge on any atom is -0.457 e. The van der Waals surface area contributed by atoms with Crippen LogP contribution in [0, 0.1) is 0 Å². The first kappa shape index (κ1) is 41.9. The molecular weight excluding hydrogens is 911 g/mol. The highest BCUT2D eigenvalue weighted by Crippen LogP contribution is 2.66. The number of rotatable bonds is 5. The molecule has 0 fully saturated rings. The van der Waals surface area contributed by atoms with Gasteiger partial charge in [-0.15, -0.1) is 0 Å². The maximum atomic E-state index is 6.87. The molecule has 75 heavy (non-hydrogen) atoms. The van der Waals surface area contributed by atoms with E-state index in [1.165, 1.54) is 72.0 Å². The average Bonchev–Trinajstić information content (AvgIpc) is 4.20. The average molecular weight is 956 g/mol. The van der Waals surface area contributed by atoms with Gasteiger partial charge in [0.1, 0.15) is 23.0 Å². The molecule has 4 aliphatic rings. The molecule has 0 saturated heterocycles. The third-order valence-electron chi connectivity index (χ3n) is 16.6. The smallest absolute Gasteiger partial charge is 0.132 e. The van der Waals surface area contributed by atoms with Crippen LogP contribution in [-0.4, -0.2) is 0 Å². The van der Waals surface area contributed by atoms with Crippen molar-refractivity contribution in [1.82, 2.24) is 0 Å². The van der Waals surface area contributed by atoms with Crippen LogP contribution in [0.4, 0.5) is 17.1 Å². The lowest BCUT2D eigenvalue weighted by Crippen LogP contribution is -2.32. The molecule has 0 atom stereocenters. The highest BCUT2D eigenvalue weighted by Gasteiger charge is 2.54. The maximum Gasteiger partial charge on any atom is 0.132 e. The molecule has 16 rings (SSSR count). The Labute approximate surface area is 435 Å². The second kappa shape index (κ2) is 15.9. The predicted molar refractivity (Wildman–Crippen MR) is 304 cm³/mol. The van der Waals surface area contributed by atoms with Crippen molar-refractivity contribution in [3.8, 4) is 67.5 Å². The van der Waals surface area contributed by atoms with E-state index in [4.69, 9.17) is 9.47 Å². The maximum absolute atomic E-state index is 6.87. The van der Waals surface area contributed by atoms with Gasteiger partial charge in [-0.1, -0.05) is 218 Å². The molecular formula is C72H45NO2. The number of hydrogen-bond donors (Lipinski definition) is 0. The summed E-state index contributed by atoms with van der Waals surface area (Å²) in [6, 6.07) is 100. The molecule has 3 heteroatoms. The fourth-order valence-corrected chi connectivity index (χ4v) is 13.6. The molecule has 2 aliphatic heterocycles. The van der Waals surface area contributed by atoms with Crippen LogP contribution in [-0.2, 0) is 10.8 Å². The zero-order valence-corrected chi connectivity index (χ0v) is 40.7. The van der Waals surface area contributed by atoms with Gasteiger partial charge in [-0.05, 0) is 127 Å². The molecule has 0 aromatic heterocycles. The van der Waals surface area contributed by atoms with Crippen molar-refractivity contribution in [3.05, 3.63) is 317 Å². The van der Waals surface area contributed by atoms with Gasteiger partial charge in [0.25, 0.3) is 0 Å². The quantitative estimate of drug-likeness (QED) is 0.172. The monoisotopic (exact) mass is 955 g/mol. The molecule has 0 N–H and O–H groups in total. The van der Waals surface area contributed by atoms with Crippen molar-refractivity contribution in [2.75, 3.05) is 4.90 Å². The normalized spacial score (nSPS) is 14.0. The van der Waals surface area contributed by atoms with Gasteiger partial charge in [-0.3, -0.25) is 0 Å². The largest absolute Gasteiger partial charge is 0.457 e. The lowest BCUT2D eigenvalue weighted by atomic mass is 9.65. The Bertz CT molecular complexity index is 4220. The lowest BCUT2D eigenvalue weighted by Gasteiger charge is -2.40. The highest BCUT2D eigenvalue weighted by atomic mass is 16.5. The molecule has 0 saturated carbocycles. The fraction of sp³-hybridized carbons (Fsp3) is 0.0278. The van der Waals surface area contributed by atoms with E-state index in [1.807, 2.05) is 0 Å². The third kappa shape index (κ3) is 5.75. The summed E-state index contributed by atoms with van der Waals surface area (Å²) in [5.74, 6) is 3.50. The lowest BCUT2D eigenvalue weighted by molar-refractivity contribution is 0.436. The number of hydrogen-bond acceptors (Lipinski definition) is 3. The first-order chi connectivity index (χ1) is 37.2. The van der Waals surface area contributed by atoms with Crippen LogP contribution in [0.1, 0.15) is 44.5 Å². The van der Waals surface area contributed by atoms with E-state index in [0.717, 1.165) is 67.9 Å². The summed E-state index contributed by atoms with van der Waals surface area (Å²) in [4.78, 5) is 2.51. The first-order valence-corrected chi connectivity index (χ1v) is 25.9. The Balaban J connectivity index is 0.964. The Morgan fingerprint density at radius 2 is 0.747 bits per heavy atom. The van der Waals surface area contributed by atoms with Crippen LogP contribution in [0.25, 0.3) is 55.3 Å². The molecule has 2 heterocycles. The molecule has 3 nitrogen and oxygen atoms in total. The topological polar surface area (TPSA) is 21.7 Å². The van der Waals surface area contributed by atoms with Crippen molar-refractivity contribution < 1.29 is 9.47 Å². The Morgan fingerprint density at radius 3 is 1.37 bits per heavy atom. The van der Waals surface area contributed by atoms with E-state index in [9.17, 15) is 0 Å². The second-order valence-electron chi connectivity index (χ2n) is 20.2. The zero-order valence-electron chi connectivity index (χ0n) is 40.7. The first-order valence-electron chi connectivity index (χ1n) is 25.9. The van der Waals surface area contributed by atoms with Crippen LogP contribution in [0.5, 0.6) is 23.0 Å². The van der Waals surface area contributed by atoms with Crippen molar-refractivity contribution >= 4 is 27.8 Å². The standard InChI is InChI=1S/C72H45NO2/c1-2-17-46(18-3-1)47-33-35-48(36-34-47)49-37-40-51(41-38-49)73(64-28-16-27-62-69(64)56-21-6-7-22-57(56)71(62)58-23-8-12-29-65(58)74-66-30-13-9-24-59(66)71)52-42-44-54-55-43-39-50-19-4-5-20-53(50)70(55)72(63(54)45-52)60-25-10-14-31-67(60)75-68-32-15-11-26-61(68)72/h1-45H. The summed E-state index contributed by atoms with van der Waals surface area (Å²) in [6.45, 7) is 0. The minimum atomic E-state index is -0.695. The molecule has 12 aromatic carbocycles. The Hall–Kier alpha value is -9.70. The van der Waals surface area contributed by atoms with E-state index in [0.29, 0.717) is 0 Å². The third-order valence-corrected chi connectivity index (χ3v) is 16.6. The van der Waals surface area contributed by atoms with Gasteiger partial charge in [0.15, 0.2) is 0 Å². The predicted octanol–water partition coefficient (Wildman–Crippen LogP) is 18.6. The van der Waals surface area contributed by atoms with Crippen LogP contribution >= 0.6 is 0 Å². The van der Waals surface area contributed by atoms with Crippen LogP contribution < -0.4 is 14.4 Å². The van der Waals surface area contributed by atoms with Crippen molar-refractivity contribution in [2.45, 2.75) is 10.8 Å². The number of anilines is 3. The van der Waals surface area contributed by atoms with E-state index in [1.54, 1.807) is 0 Å². The highest BCUT2D eigenvalue weighted by molar-refractivity contribution is 6.03. The summed E-state index contributed by atoms with van der Waals surface area (Å²) in [7, 11) is 0. The SMILES string of the molecule is c1ccc(-c2ccc(-c3ccc(N(c4ccc5c(c4)C4(c6ccccc6Oc6ccccc64)c4c-5ccc5ccccc45)c4cccc5c4-c4ccccc4C54c5ccccc5Oc5ccccc54)cc3)cc2)cc1. The van der Waals surface area contributed by atoms with Crippen LogP contribution in [0.3, 0.4) is 0 Å².